The molecule has 0 bridgehead atoms. The van der Waals surface area contributed by atoms with Crippen LogP contribution in [0.1, 0.15) is 236 Å². The molecule has 3 N–H and O–H groups in total. The Morgan fingerprint density at radius 3 is 0.978 bits per heavy atom. The topological polar surface area (TPSA) is 390 Å². The summed E-state index contributed by atoms with van der Waals surface area (Å²) >= 11 is 0. The molecule has 3 heterocycles. The first kappa shape index (κ1) is 105. The van der Waals surface area contributed by atoms with Crippen LogP contribution in [0, 0.1) is 97.4 Å². The molecule has 35 heteroatoms. The highest BCUT2D eigenvalue weighted by molar-refractivity contribution is 7.89. The van der Waals surface area contributed by atoms with Crippen LogP contribution in [0.4, 0.5) is 8.78 Å². The highest BCUT2D eigenvalue weighted by Gasteiger charge is 2.64. The number of allylic oxidation sites excluding steroid dienone is 3. The maximum atomic E-state index is 14.7. The molecular formula is C102H139F2N9O21S3. The number of hydrogen-bond acceptors (Lipinski definition) is 21. The van der Waals surface area contributed by atoms with Gasteiger partial charge in [0, 0.05) is 58.5 Å². The van der Waals surface area contributed by atoms with Crippen molar-refractivity contribution in [2.24, 2.45) is 85.8 Å². The van der Waals surface area contributed by atoms with Crippen LogP contribution in [0.3, 0.4) is 0 Å². The Morgan fingerprint density at radius 1 is 0.401 bits per heavy atom. The molecule has 3 saturated heterocycles. The van der Waals surface area contributed by atoms with Crippen LogP contribution >= 0.6 is 0 Å². The van der Waals surface area contributed by atoms with E-state index < -0.39 is 182 Å². The number of ether oxygens (including phenoxy) is 3. The zero-order chi connectivity index (χ0) is 99.5. The number of amides is 6. The van der Waals surface area contributed by atoms with Crippen molar-refractivity contribution in [1.82, 2.24) is 43.6 Å². The SMILES string of the molecule is C=C[C@@H]1C[C@]1(CC(=O)[C@@H]1CN(S(=O)(=O)c2cccc(F)c2)CN1C(=O)[C@@H](CC(=O)OC1CCCC1)C(C)(C)C)C(=O)NCC1CC1.C=C[C@@H]1C[C@]1(CC(=O)[C@@H]1CN(S(=O)(=O)c2ccccc2)CN1C(=O)[C@@H](CC(=O)OC1CCCC1)C(C)(C)C)C(=O)NCC1CC1.C=C[C@@H]1C[C@]1(CC(=O)[C@@H]1CN(S(=O)(=O)c2ccccc2F)CN1C(=O)[C@@H](CC(=O)OC1CCCC1)C(C)(C)C)C(=O)NCC1CC1. The molecule has 12 aliphatic rings. The van der Waals surface area contributed by atoms with Crippen LogP contribution in [0.2, 0.25) is 0 Å². The van der Waals surface area contributed by atoms with Gasteiger partial charge in [-0.2, -0.15) is 12.9 Å². The Labute approximate surface area is 805 Å². The molecule has 9 aliphatic carbocycles. The first-order valence-corrected chi connectivity index (χ1v) is 53.3. The summed E-state index contributed by atoms with van der Waals surface area (Å²) in [5.41, 5.74) is -5.14. The number of esters is 3. The first-order chi connectivity index (χ1) is 64.6. The highest BCUT2D eigenvalue weighted by Crippen LogP contribution is 2.60. The fourth-order valence-electron chi connectivity index (χ4n) is 20.3. The van der Waals surface area contributed by atoms with E-state index in [4.69, 9.17) is 14.2 Å². The van der Waals surface area contributed by atoms with Crippen molar-refractivity contribution < 1.29 is 106 Å². The van der Waals surface area contributed by atoms with Gasteiger partial charge in [0.05, 0.1) is 83.1 Å². The largest absolute Gasteiger partial charge is 0.462 e. The van der Waals surface area contributed by atoms with Crippen molar-refractivity contribution in [3.63, 3.8) is 0 Å². The molecule has 137 heavy (non-hydrogen) atoms. The Morgan fingerprint density at radius 2 is 0.693 bits per heavy atom. The predicted molar refractivity (Wildman–Crippen MR) is 503 cm³/mol. The van der Waals surface area contributed by atoms with E-state index in [-0.39, 0.29) is 128 Å². The lowest BCUT2D eigenvalue weighted by Crippen LogP contribution is -2.49. The Kier molecular flexibility index (Phi) is 32.7. The fourth-order valence-corrected chi connectivity index (χ4v) is 24.6. The molecule has 750 valence electrons. The van der Waals surface area contributed by atoms with Crippen molar-refractivity contribution in [1.29, 1.82) is 0 Å². The van der Waals surface area contributed by atoms with Crippen molar-refractivity contribution in [2.45, 2.75) is 287 Å². The number of halogens is 2. The molecule has 9 saturated carbocycles. The number of sulfonamides is 3. The Hall–Kier alpha value is -9.29. The molecule has 15 rings (SSSR count). The summed E-state index contributed by atoms with van der Waals surface area (Å²) in [6.45, 7) is 27.3. The quantitative estimate of drug-likeness (QED) is 0.0271. The molecule has 3 aromatic rings. The summed E-state index contributed by atoms with van der Waals surface area (Å²) in [5.74, 6) is -8.70. The summed E-state index contributed by atoms with van der Waals surface area (Å²) in [5, 5.41) is 8.96. The molecule has 12 atom stereocenters. The Balaban J connectivity index is 0.000000174. The van der Waals surface area contributed by atoms with E-state index in [0.29, 0.717) is 56.7 Å². The van der Waals surface area contributed by atoms with Gasteiger partial charge in [-0.1, -0.05) is 117 Å². The monoisotopic (exact) mass is 1960 g/mol. The van der Waals surface area contributed by atoms with Gasteiger partial charge in [0.2, 0.25) is 65.5 Å². The minimum Gasteiger partial charge on any atom is -0.462 e. The van der Waals surface area contributed by atoms with Crippen LogP contribution in [-0.2, 0) is 102 Å². The van der Waals surface area contributed by atoms with Gasteiger partial charge in [-0.25, -0.2) is 34.0 Å². The standard InChI is InChI=1S/2C34H46FN3O7S.C34H47N3O7S/c1-5-23-17-34(23,32(42)36-19-22-13-14-22)18-29(39)28-20-37(46(43,44)26-12-8-9-24(35)15-26)21-38(28)31(41)27(33(2,3)4)16-30(40)45-25-10-6-7-11-25;1-5-23-17-34(23,32(42)36-19-22-14-15-22)18-28(39)27-20-37(46(43,44)29-13-9-8-12-26(29)35)21-38(27)31(41)25(33(2,3)4)16-30(40)45-24-10-6-7-11-24;1-5-24-18-34(24,32(41)35-20-23-15-16-23)19-29(38)28-21-36(45(42,43)26-13-7-6-8-14-26)22-37(28)31(40)27(33(2,3)4)17-30(39)44-25-11-9-10-12-25/h5,8-9,12,15,22-23,25,27-28H,1,6-7,10-11,13-14,16-21H2,2-4H3,(H,36,42);5,8-9,12-13,22-25,27H,1,6-7,10-11,14-21H2,2-4H3,(H,36,42);5-8,13-14,23-25,27-28H,1,9-12,15-22H2,2-4H3,(H,35,41)/t23-,27-,28+,34-;23-,25-,27+,34-;24-,27-,28+,34-/m111/s1. The van der Waals surface area contributed by atoms with E-state index in [1.54, 1.807) is 57.2 Å². The molecule has 0 aromatic heterocycles. The second-order valence-electron chi connectivity index (χ2n) is 43.6. The molecule has 30 nitrogen and oxygen atoms in total. The van der Waals surface area contributed by atoms with E-state index in [1.165, 1.54) is 51.1 Å². The summed E-state index contributed by atoms with van der Waals surface area (Å²) in [7, 11) is -12.8. The molecule has 3 aromatic carbocycles. The van der Waals surface area contributed by atoms with Crippen molar-refractivity contribution in [3.8, 4) is 0 Å². The minimum absolute atomic E-state index is 0.0582. The second kappa shape index (κ2) is 42.6. The van der Waals surface area contributed by atoms with E-state index in [1.807, 2.05) is 41.5 Å². The van der Waals surface area contributed by atoms with Crippen molar-refractivity contribution in [3.05, 3.63) is 128 Å². The van der Waals surface area contributed by atoms with Crippen molar-refractivity contribution in [2.75, 3.05) is 59.3 Å². The van der Waals surface area contributed by atoms with Gasteiger partial charge < -0.3 is 44.9 Å². The number of ketones is 3. The molecule has 3 aliphatic heterocycles. The first-order valence-electron chi connectivity index (χ1n) is 48.9. The zero-order valence-electron chi connectivity index (χ0n) is 80.7. The lowest BCUT2D eigenvalue weighted by molar-refractivity contribution is -0.156. The van der Waals surface area contributed by atoms with E-state index in [0.717, 1.165) is 153 Å². The van der Waals surface area contributed by atoms with E-state index in [2.05, 4.69) is 35.7 Å². The van der Waals surface area contributed by atoms with Crippen LogP contribution in [-0.4, -0.2) is 219 Å². The van der Waals surface area contributed by atoms with E-state index >= 15 is 0 Å². The molecule has 0 unspecified atom stereocenters. The lowest BCUT2D eigenvalue weighted by atomic mass is 9.77. The third-order valence-corrected chi connectivity index (χ3v) is 35.6. The van der Waals surface area contributed by atoms with Gasteiger partial charge in [-0.3, -0.25) is 57.5 Å². The van der Waals surface area contributed by atoms with Gasteiger partial charge in [0.15, 0.2) is 17.3 Å². The van der Waals surface area contributed by atoms with Gasteiger partial charge in [-0.05, 0) is 229 Å². The smallest absolute Gasteiger partial charge is 0.306 e. The van der Waals surface area contributed by atoms with E-state index in [9.17, 15) is 91.6 Å². The molecule has 12 fully saturated rings. The summed E-state index contributed by atoms with van der Waals surface area (Å²) in [4.78, 5) is 168. The van der Waals surface area contributed by atoms with Crippen LogP contribution in [0.15, 0.2) is 132 Å². The number of Topliss-reactive ketones (excluding diaryl/α,β-unsaturated/α-hetero) is 3. The number of hydrogen-bond donors (Lipinski definition) is 3. The number of rotatable bonds is 39. The zero-order valence-corrected chi connectivity index (χ0v) is 83.2. The van der Waals surface area contributed by atoms with Crippen LogP contribution < -0.4 is 16.0 Å². The summed E-state index contributed by atoms with van der Waals surface area (Å²) in [6.07, 6.45) is 21.6. The minimum atomic E-state index is -4.45. The van der Waals surface area contributed by atoms with Crippen LogP contribution in [0.25, 0.3) is 0 Å². The van der Waals surface area contributed by atoms with Gasteiger partial charge in [0.25, 0.3) is 0 Å². The number of carbonyl (C=O) groups is 12. The number of nitrogens with zero attached hydrogens (tertiary/aromatic N) is 6. The third kappa shape index (κ3) is 25.0. The number of carbonyl (C=O) groups excluding carboxylic acids is 12. The predicted octanol–water partition coefficient (Wildman–Crippen LogP) is 12.5. The highest BCUT2D eigenvalue weighted by atomic mass is 32.2. The summed E-state index contributed by atoms with van der Waals surface area (Å²) < 4.78 is 131. The maximum absolute atomic E-state index is 14.7. The molecule has 0 spiro atoms. The maximum Gasteiger partial charge on any atom is 0.306 e. The van der Waals surface area contributed by atoms with Gasteiger partial charge >= 0.3 is 17.9 Å². The average molecular weight is 1960 g/mol. The second-order valence-corrected chi connectivity index (χ2v) is 49.4. The van der Waals surface area contributed by atoms with Gasteiger partial charge in [-0.15, -0.1) is 19.7 Å². The average Bonchev–Trinajstić information content (AvgIpc) is 1.58. The van der Waals surface area contributed by atoms with Gasteiger partial charge in [0.1, 0.15) is 53.0 Å². The Bertz CT molecular complexity index is 5420. The van der Waals surface area contributed by atoms with Crippen LogP contribution in [0.5, 0.6) is 0 Å². The number of nitrogens with one attached hydrogen (secondary N) is 3. The molecule has 0 radical (unpaired) electrons. The third-order valence-electron chi connectivity index (χ3n) is 30.2. The molecule has 6 amide bonds. The normalized spacial score (nSPS) is 26.1. The fraction of sp³-hybridized carbons (Fsp3) is 0.647. The van der Waals surface area contributed by atoms with Crippen molar-refractivity contribution >= 4 is 101 Å². The number of benzene rings is 3. The lowest BCUT2D eigenvalue weighted by Gasteiger charge is -2.34. The molecular weight excluding hydrogens is 1820 g/mol. The summed E-state index contributed by atoms with van der Waals surface area (Å²) in [6, 6.07) is 13.9.